The summed E-state index contributed by atoms with van der Waals surface area (Å²) in [5, 5.41) is 0. The van der Waals surface area contributed by atoms with Gasteiger partial charge in [0.25, 0.3) is 0 Å². The summed E-state index contributed by atoms with van der Waals surface area (Å²) in [7, 11) is 0. The third kappa shape index (κ3) is 3.63. The maximum absolute atomic E-state index is 12.4. The number of amides is 1. The number of anilines is 1. The highest BCUT2D eigenvalue weighted by Crippen LogP contribution is 2.47. The van der Waals surface area contributed by atoms with Crippen molar-refractivity contribution >= 4 is 17.7 Å². The van der Waals surface area contributed by atoms with Crippen LogP contribution in [0, 0.1) is 5.92 Å². The Kier molecular flexibility index (Phi) is 4.35. The first-order valence-electron chi connectivity index (χ1n) is 9.07. The van der Waals surface area contributed by atoms with Crippen LogP contribution in [0.25, 0.3) is 6.08 Å². The van der Waals surface area contributed by atoms with Crippen LogP contribution in [-0.2, 0) is 4.79 Å². The normalized spacial score (nSPS) is 23.2. The topological polar surface area (TPSA) is 36.7 Å². The summed E-state index contributed by atoms with van der Waals surface area (Å²) in [6.07, 6.45) is 4.64. The van der Waals surface area contributed by atoms with Gasteiger partial charge >= 0.3 is 0 Å². The Balaban J connectivity index is 1.31. The van der Waals surface area contributed by atoms with E-state index in [1.807, 2.05) is 23.1 Å². The fourth-order valence-corrected chi connectivity index (χ4v) is 3.46. The molecule has 1 saturated heterocycles. The van der Waals surface area contributed by atoms with Gasteiger partial charge in [-0.05, 0) is 42.7 Å². The molecule has 4 nitrogen and oxygen atoms in total. The minimum Gasteiger partial charge on any atom is -0.461 e. The Morgan fingerprint density at radius 3 is 2.48 bits per heavy atom. The number of benzene rings is 1. The molecule has 2 aromatic rings. The van der Waals surface area contributed by atoms with E-state index in [0.29, 0.717) is 5.92 Å². The van der Waals surface area contributed by atoms with Crippen LogP contribution >= 0.6 is 0 Å². The predicted molar refractivity (Wildman–Crippen MR) is 99.5 cm³/mol. The van der Waals surface area contributed by atoms with Gasteiger partial charge in [-0.3, -0.25) is 4.79 Å². The van der Waals surface area contributed by atoms with Crippen LogP contribution in [0.4, 0.5) is 5.69 Å². The van der Waals surface area contributed by atoms with Gasteiger partial charge in [-0.25, -0.2) is 0 Å². The molecule has 4 rings (SSSR count). The highest BCUT2D eigenvalue weighted by Gasteiger charge is 2.36. The van der Waals surface area contributed by atoms with Crippen molar-refractivity contribution in [2.24, 2.45) is 5.92 Å². The predicted octanol–water partition coefficient (Wildman–Crippen LogP) is 3.77. The lowest BCUT2D eigenvalue weighted by atomic mass is 10.2. The van der Waals surface area contributed by atoms with Crippen LogP contribution < -0.4 is 4.90 Å². The van der Waals surface area contributed by atoms with Gasteiger partial charge in [-0.1, -0.05) is 25.1 Å². The van der Waals surface area contributed by atoms with Gasteiger partial charge in [-0.15, -0.1) is 0 Å². The van der Waals surface area contributed by atoms with Crippen LogP contribution in [0.2, 0.25) is 0 Å². The largest absolute Gasteiger partial charge is 0.461 e. The summed E-state index contributed by atoms with van der Waals surface area (Å²) < 4.78 is 5.82. The van der Waals surface area contributed by atoms with Crippen molar-refractivity contribution < 1.29 is 9.21 Å². The number of hydrogen-bond acceptors (Lipinski definition) is 3. The summed E-state index contributed by atoms with van der Waals surface area (Å²) in [6, 6.07) is 14.4. The number of carbonyl (C=O) groups is 1. The van der Waals surface area contributed by atoms with E-state index in [1.165, 1.54) is 12.1 Å². The average Bonchev–Trinajstić information content (AvgIpc) is 3.20. The Labute approximate surface area is 148 Å². The first-order chi connectivity index (χ1) is 12.2. The lowest BCUT2D eigenvalue weighted by Crippen LogP contribution is -2.48. The van der Waals surface area contributed by atoms with E-state index in [9.17, 15) is 4.79 Å². The van der Waals surface area contributed by atoms with Gasteiger partial charge in [0.05, 0.1) is 0 Å². The fourth-order valence-electron chi connectivity index (χ4n) is 3.46. The molecule has 1 aromatic carbocycles. The molecular formula is C21H24N2O2. The van der Waals surface area contributed by atoms with E-state index >= 15 is 0 Å². The standard InChI is InChI=1S/C21H24N2O2/c1-16-15-19(16)20-9-7-18(25-20)8-10-21(24)23-13-11-22(12-14-23)17-5-3-2-4-6-17/h2-10,16,19H,11-15H2,1H3/b10-8+. The molecule has 2 unspecified atom stereocenters. The number of nitrogens with zero attached hydrogens (tertiary/aromatic N) is 2. The van der Waals surface area contributed by atoms with Crippen molar-refractivity contribution in [3.8, 4) is 0 Å². The quantitative estimate of drug-likeness (QED) is 0.798. The summed E-state index contributed by atoms with van der Waals surface area (Å²) in [6.45, 7) is 5.48. The van der Waals surface area contributed by atoms with Crippen molar-refractivity contribution in [1.82, 2.24) is 4.90 Å². The minimum atomic E-state index is 0.0606. The monoisotopic (exact) mass is 336 g/mol. The first-order valence-corrected chi connectivity index (χ1v) is 9.07. The fraction of sp³-hybridized carbons (Fsp3) is 0.381. The molecule has 2 aliphatic rings. The van der Waals surface area contributed by atoms with Crippen molar-refractivity contribution in [3.63, 3.8) is 0 Å². The number of para-hydroxylation sites is 1. The van der Waals surface area contributed by atoms with E-state index in [4.69, 9.17) is 4.42 Å². The maximum Gasteiger partial charge on any atom is 0.246 e. The molecular weight excluding hydrogens is 312 g/mol. The molecule has 2 heterocycles. The molecule has 0 radical (unpaired) electrons. The second kappa shape index (κ2) is 6.79. The Bertz CT molecular complexity index is 757. The molecule has 0 spiro atoms. The molecule has 25 heavy (non-hydrogen) atoms. The number of hydrogen-bond donors (Lipinski definition) is 0. The molecule has 1 aliphatic carbocycles. The van der Waals surface area contributed by atoms with Crippen LogP contribution in [0.5, 0.6) is 0 Å². The number of furan rings is 1. The van der Waals surface area contributed by atoms with Gasteiger partial charge < -0.3 is 14.2 Å². The highest BCUT2D eigenvalue weighted by molar-refractivity contribution is 5.91. The highest BCUT2D eigenvalue weighted by atomic mass is 16.3. The van der Waals surface area contributed by atoms with E-state index in [2.05, 4.69) is 36.1 Å². The molecule has 0 N–H and O–H groups in total. The van der Waals surface area contributed by atoms with Crippen molar-refractivity contribution in [2.45, 2.75) is 19.3 Å². The Hall–Kier alpha value is -2.49. The summed E-state index contributed by atoms with van der Waals surface area (Å²) in [5.74, 6) is 3.18. The Morgan fingerprint density at radius 1 is 1.08 bits per heavy atom. The van der Waals surface area contributed by atoms with Gasteiger partial charge in [-0.2, -0.15) is 0 Å². The van der Waals surface area contributed by atoms with Crippen molar-refractivity contribution in [2.75, 3.05) is 31.1 Å². The molecule has 2 fully saturated rings. The summed E-state index contributed by atoms with van der Waals surface area (Å²) >= 11 is 0. The minimum absolute atomic E-state index is 0.0606. The second-order valence-electron chi connectivity index (χ2n) is 7.04. The van der Waals surface area contributed by atoms with Crippen molar-refractivity contribution in [3.05, 3.63) is 60.1 Å². The first kappa shape index (κ1) is 16.0. The Morgan fingerprint density at radius 2 is 1.80 bits per heavy atom. The van der Waals surface area contributed by atoms with Crippen LogP contribution in [0.3, 0.4) is 0 Å². The van der Waals surface area contributed by atoms with E-state index < -0.39 is 0 Å². The molecule has 130 valence electrons. The van der Waals surface area contributed by atoms with E-state index in [-0.39, 0.29) is 5.91 Å². The van der Waals surface area contributed by atoms with Crippen LogP contribution in [0.15, 0.2) is 53.0 Å². The van der Waals surface area contributed by atoms with Crippen molar-refractivity contribution in [1.29, 1.82) is 0 Å². The summed E-state index contributed by atoms with van der Waals surface area (Å²) in [4.78, 5) is 16.6. The smallest absolute Gasteiger partial charge is 0.246 e. The van der Waals surface area contributed by atoms with E-state index in [0.717, 1.165) is 43.6 Å². The maximum atomic E-state index is 12.4. The van der Waals surface area contributed by atoms with Gasteiger partial charge in [0.15, 0.2) is 0 Å². The van der Waals surface area contributed by atoms with Gasteiger partial charge in [0.2, 0.25) is 5.91 Å². The second-order valence-corrected chi connectivity index (χ2v) is 7.04. The average molecular weight is 336 g/mol. The van der Waals surface area contributed by atoms with Gasteiger partial charge in [0.1, 0.15) is 11.5 Å². The molecule has 1 aromatic heterocycles. The third-order valence-corrected chi connectivity index (χ3v) is 5.23. The molecule has 0 bridgehead atoms. The molecule has 1 saturated carbocycles. The zero-order valence-corrected chi connectivity index (χ0v) is 14.6. The third-order valence-electron chi connectivity index (χ3n) is 5.23. The molecule has 2 atom stereocenters. The zero-order valence-electron chi connectivity index (χ0n) is 14.6. The summed E-state index contributed by atoms with van der Waals surface area (Å²) in [5.41, 5.74) is 1.22. The lowest BCUT2D eigenvalue weighted by molar-refractivity contribution is -0.126. The zero-order chi connectivity index (χ0) is 17.2. The van der Waals surface area contributed by atoms with Crippen LogP contribution in [-0.4, -0.2) is 37.0 Å². The molecule has 1 aliphatic heterocycles. The number of piperazine rings is 1. The number of rotatable bonds is 4. The lowest BCUT2D eigenvalue weighted by Gasteiger charge is -2.35. The van der Waals surface area contributed by atoms with Crippen LogP contribution in [0.1, 0.15) is 30.8 Å². The molecule has 1 amide bonds. The SMILES string of the molecule is CC1CC1c1ccc(/C=C/C(=O)N2CCN(c3ccccc3)CC2)o1. The van der Waals surface area contributed by atoms with E-state index in [1.54, 1.807) is 12.2 Å². The molecule has 4 heteroatoms. The number of carbonyl (C=O) groups excluding carboxylic acids is 1. The van der Waals surface area contributed by atoms with Gasteiger partial charge in [0, 0.05) is 43.9 Å².